The van der Waals surface area contributed by atoms with E-state index in [0.29, 0.717) is 10.6 Å². The van der Waals surface area contributed by atoms with Gasteiger partial charge in [-0.3, -0.25) is 10.1 Å². The molecule has 0 aromatic heterocycles. The van der Waals surface area contributed by atoms with Crippen LogP contribution in [0.5, 0.6) is 0 Å². The van der Waals surface area contributed by atoms with E-state index < -0.39 is 4.92 Å². The van der Waals surface area contributed by atoms with E-state index in [1.807, 2.05) is 6.92 Å². The summed E-state index contributed by atoms with van der Waals surface area (Å²) in [4.78, 5) is 10.8. The smallest absolute Gasteiger partial charge is 0.284 e. The third kappa shape index (κ3) is 4.03. The van der Waals surface area contributed by atoms with Crippen molar-refractivity contribution in [2.45, 2.75) is 11.8 Å². The van der Waals surface area contributed by atoms with Gasteiger partial charge >= 0.3 is 0 Å². The van der Waals surface area contributed by atoms with Crippen LogP contribution in [0.1, 0.15) is 6.92 Å². The van der Waals surface area contributed by atoms with E-state index in [9.17, 15) is 10.1 Å². The van der Waals surface area contributed by atoms with Crippen LogP contribution in [0.4, 0.5) is 5.69 Å². The standard InChI is InChI=1S/C10H11Cl2NO3S/c1-6(4-14)5-17-10-3-8(12)7(11)2-9(10)13(15)16/h2-3,6,14H,4-5H2,1H3. The Morgan fingerprint density at radius 3 is 2.59 bits per heavy atom. The Balaban J connectivity index is 2.96. The lowest BCUT2D eigenvalue weighted by atomic mass is 10.2. The third-order valence-electron chi connectivity index (χ3n) is 2.03. The number of nitro groups is 1. The summed E-state index contributed by atoms with van der Waals surface area (Å²) in [6.07, 6.45) is 0. The van der Waals surface area contributed by atoms with Gasteiger partial charge in [0.2, 0.25) is 0 Å². The molecule has 0 bridgehead atoms. The fraction of sp³-hybridized carbons (Fsp3) is 0.400. The Hall–Kier alpha value is -0.490. The second kappa shape index (κ2) is 6.44. The highest BCUT2D eigenvalue weighted by molar-refractivity contribution is 7.99. The first-order valence-electron chi connectivity index (χ1n) is 4.82. The van der Waals surface area contributed by atoms with Crippen molar-refractivity contribution in [2.24, 2.45) is 5.92 Å². The first-order chi connectivity index (χ1) is 7.95. The Morgan fingerprint density at radius 2 is 2.06 bits per heavy atom. The number of aliphatic hydroxyl groups excluding tert-OH is 1. The van der Waals surface area contributed by atoms with Gasteiger partial charge < -0.3 is 5.11 Å². The highest BCUT2D eigenvalue weighted by Crippen LogP contribution is 2.36. The fourth-order valence-corrected chi connectivity index (χ4v) is 2.50. The largest absolute Gasteiger partial charge is 0.396 e. The molecule has 1 unspecified atom stereocenters. The second-order valence-corrected chi connectivity index (χ2v) is 5.47. The van der Waals surface area contributed by atoms with Crippen molar-refractivity contribution in [3.8, 4) is 0 Å². The van der Waals surface area contributed by atoms with Crippen molar-refractivity contribution in [3.05, 3.63) is 32.3 Å². The molecule has 1 aromatic rings. The minimum absolute atomic E-state index is 0.0438. The number of nitro benzene ring substituents is 1. The van der Waals surface area contributed by atoms with Crippen LogP contribution in [0.2, 0.25) is 10.0 Å². The van der Waals surface area contributed by atoms with Gasteiger partial charge in [0, 0.05) is 18.4 Å². The normalized spacial score (nSPS) is 12.5. The Kier molecular flexibility index (Phi) is 5.52. The zero-order chi connectivity index (χ0) is 13.0. The first-order valence-corrected chi connectivity index (χ1v) is 6.57. The molecule has 0 aliphatic carbocycles. The summed E-state index contributed by atoms with van der Waals surface area (Å²) in [7, 11) is 0. The maximum Gasteiger partial charge on any atom is 0.284 e. The average molecular weight is 296 g/mol. The van der Waals surface area contributed by atoms with Crippen LogP contribution in [0, 0.1) is 16.0 Å². The summed E-state index contributed by atoms with van der Waals surface area (Å²) in [6, 6.07) is 2.73. The number of benzene rings is 1. The van der Waals surface area contributed by atoms with Crippen LogP contribution >= 0.6 is 35.0 Å². The van der Waals surface area contributed by atoms with Crippen LogP contribution in [-0.2, 0) is 0 Å². The van der Waals surface area contributed by atoms with Gasteiger partial charge in [0.1, 0.15) is 0 Å². The fourth-order valence-electron chi connectivity index (χ4n) is 1.06. The molecule has 0 amide bonds. The minimum Gasteiger partial charge on any atom is -0.396 e. The summed E-state index contributed by atoms with van der Waals surface area (Å²) >= 11 is 12.8. The molecule has 0 spiro atoms. The average Bonchev–Trinajstić information content (AvgIpc) is 2.29. The van der Waals surface area contributed by atoms with Gasteiger partial charge in [0.25, 0.3) is 5.69 Å². The van der Waals surface area contributed by atoms with Gasteiger partial charge in [-0.2, -0.15) is 0 Å². The molecule has 0 radical (unpaired) electrons. The van der Waals surface area contributed by atoms with E-state index in [1.54, 1.807) is 0 Å². The lowest BCUT2D eigenvalue weighted by Crippen LogP contribution is -2.03. The molecule has 1 rings (SSSR count). The van der Waals surface area contributed by atoms with Gasteiger partial charge in [-0.1, -0.05) is 30.1 Å². The van der Waals surface area contributed by atoms with Crippen LogP contribution in [0.3, 0.4) is 0 Å². The number of nitrogens with zero attached hydrogens (tertiary/aromatic N) is 1. The number of thioether (sulfide) groups is 1. The number of hydrogen-bond donors (Lipinski definition) is 1. The van der Waals surface area contributed by atoms with Gasteiger partial charge in [0.05, 0.1) is 19.9 Å². The first kappa shape index (κ1) is 14.6. The van der Waals surface area contributed by atoms with Crippen molar-refractivity contribution in [3.63, 3.8) is 0 Å². The molecule has 0 saturated carbocycles. The molecule has 1 atom stereocenters. The van der Waals surface area contributed by atoms with E-state index in [0.717, 1.165) is 0 Å². The molecule has 0 aliphatic heterocycles. The number of halogens is 2. The zero-order valence-corrected chi connectivity index (χ0v) is 11.3. The van der Waals surface area contributed by atoms with Crippen LogP contribution in [0.15, 0.2) is 17.0 Å². The monoisotopic (exact) mass is 295 g/mol. The Morgan fingerprint density at radius 1 is 1.47 bits per heavy atom. The predicted molar refractivity (Wildman–Crippen MR) is 70.1 cm³/mol. The zero-order valence-electron chi connectivity index (χ0n) is 9.02. The van der Waals surface area contributed by atoms with E-state index in [2.05, 4.69) is 0 Å². The van der Waals surface area contributed by atoms with Crippen molar-refractivity contribution in [1.29, 1.82) is 0 Å². The van der Waals surface area contributed by atoms with Crippen molar-refractivity contribution in [1.82, 2.24) is 0 Å². The lowest BCUT2D eigenvalue weighted by molar-refractivity contribution is -0.387. The lowest BCUT2D eigenvalue weighted by Gasteiger charge is -2.08. The van der Waals surface area contributed by atoms with Gasteiger partial charge in [-0.05, 0) is 12.0 Å². The van der Waals surface area contributed by atoms with E-state index in [-0.39, 0.29) is 28.3 Å². The Labute approximate surface area is 113 Å². The summed E-state index contributed by atoms with van der Waals surface area (Å²) < 4.78 is 0. The third-order valence-corrected chi connectivity index (χ3v) is 4.13. The summed E-state index contributed by atoms with van der Waals surface area (Å²) in [6.45, 7) is 1.90. The molecule has 1 N–H and O–H groups in total. The molecular weight excluding hydrogens is 285 g/mol. The van der Waals surface area contributed by atoms with Crippen LogP contribution < -0.4 is 0 Å². The molecule has 0 aliphatic rings. The van der Waals surface area contributed by atoms with Crippen LogP contribution in [0.25, 0.3) is 0 Å². The van der Waals surface area contributed by atoms with Crippen molar-refractivity contribution < 1.29 is 10.0 Å². The quantitative estimate of drug-likeness (QED) is 0.512. The van der Waals surface area contributed by atoms with E-state index >= 15 is 0 Å². The topological polar surface area (TPSA) is 63.4 Å². The van der Waals surface area contributed by atoms with E-state index in [4.69, 9.17) is 28.3 Å². The molecule has 4 nitrogen and oxygen atoms in total. The maximum absolute atomic E-state index is 10.8. The summed E-state index contributed by atoms with van der Waals surface area (Å²) in [5.41, 5.74) is -0.0606. The molecule has 94 valence electrons. The number of aliphatic hydroxyl groups is 1. The molecule has 17 heavy (non-hydrogen) atoms. The molecular formula is C10H11Cl2NO3S. The maximum atomic E-state index is 10.8. The SMILES string of the molecule is CC(CO)CSc1cc(Cl)c(Cl)cc1[N+](=O)[O-]. The Bertz CT molecular complexity index is 428. The second-order valence-electron chi connectivity index (χ2n) is 3.59. The number of rotatable bonds is 5. The minimum atomic E-state index is -0.492. The van der Waals surface area contributed by atoms with Gasteiger partial charge in [-0.25, -0.2) is 0 Å². The summed E-state index contributed by atoms with van der Waals surface area (Å²) in [5.74, 6) is 0.643. The van der Waals surface area contributed by atoms with Crippen LogP contribution in [-0.4, -0.2) is 22.4 Å². The van der Waals surface area contributed by atoms with Crippen molar-refractivity contribution in [2.75, 3.05) is 12.4 Å². The molecule has 1 aromatic carbocycles. The predicted octanol–water partition coefficient (Wildman–Crippen LogP) is 3.62. The molecule has 0 fully saturated rings. The van der Waals surface area contributed by atoms with Gasteiger partial charge in [-0.15, -0.1) is 11.8 Å². The number of hydrogen-bond acceptors (Lipinski definition) is 4. The van der Waals surface area contributed by atoms with Crippen molar-refractivity contribution >= 4 is 40.7 Å². The molecule has 0 saturated heterocycles. The van der Waals surface area contributed by atoms with E-state index in [1.165, 1.54) is 23.9 Å². The highest BCUT2D eigenvalue weighted by atomic mass is 35.5. The highest BCUT2D eigenvalue weighted by Gasteiger charge is 2.18. The molecule has 7 heteroatoms. The summed E-state index contributed by atoms with van der Waals surface area (Å²) in [5, 5.41) is 20.2. The van der Waals surface area contributed by atoms with Gasteiger partial charge in [0.15, 0.2) is 0 Å². The molecule has 0 heterocycles.